The minimum atomic E-state index is -0.439. The van der Waals surface area contributed by atoms with Crippen molar-refractivity contribution in [3.63, 3.8) is 0 Å². The number of hydrogen-bond acceptors (Lipinski definition) is 9. The van der Waals surface area contributed by atoms with Crippen molar-refractivity contribution in [3.8, 4) is 11.5 Å². The van der Waals surface area contributed by atoms with E-state index in [0.717, 1.165) is 75.4 Å². The van der Waals surface area contributed by atoms with E-state index in [1.54, 1.807) is 25.3 Å². The molecule has 9 nitrogen and oxygen atoms in total. The topological polar surface area (TPSA) is 109 Å². The molecular weight excluding hydrogens is 457 g/mol. The van der Waals surface area contributed by atoms with E-state index < -0.39 is 12.7 Å². The number of aliphatic imine (C=N–C) groups is 1. The quantitative estimate of drug-likeness (QED) is 0.586. The van der Waals surface area contributed by atoms with Crippen LogP contribution in [0.4, 0.5) is 0 Å². The summed E-state index contributed by atoms with van der Waals surface area (Å²) >= 11 is 0. The Morgan fingerprint density at radius 1 is 0.972 bits per heavy atom. The van der Waals surface area contributed by atoms with E-state index in [1.165, 1.54) is 0 Å². The van der Waals surface area contributed by atoms with Gasteiger partial charge in [-0.15, -0.1) is 0 Å². The third kappa shape index (κ3) is 5.03. The molecule has 0 atom stereocenters. The molecule has 0 saturated carbocycles. The molecule has 2 saturated heterocycles. The van der Waals surface area contributed by atoms with Crippen LogP contribution in [0.3, 0.4) is 0 Å². The molecule has 4 aliphatic rings. The van der Waals surface area contributed by atoms with Gasteiger partial charge in [-0.25, -0.2) is 4.98 Å². The highest BCUT2D eigenvalue weighted by molar-refractivity contribution is 6.45. The minimum absolute atomic E-state index is 0.0594. The molecule has 0 bridgehead atoms. The van der Waals surface area contributed by atoms with E-state index in [2.05, 4.69) is 20.3 Å². The highest BCUT2D eigenvalue weighted by Gasteiger charge is 2.44. The number of hydrogen-bond donors (Lipinski definition) is 2. The summed E-state index contributed by atoms with van der Waals surface area (Å²) in [6, 6.07) is 7.51. The summed E-state index contributed by atoms with van der Waals surface area (Å²) in [5.74, 6) is 1.55. The van der Waals surface area contributed by atoms with Crippen LogP contribution in [-0.4, -0.2) is 82.8 Å². The van der Waals surface area contributed by atoms with Gasteiger partial charge in [0, 0.05) is 38.7 Å². The van der Waals surface area contributed by atoms with Crippen LogP contribution in [0.2, 0.25) is 6.82 Å². The molecule has 2 aromatic heterocycles. The van der Waals surface area contributed by atoms with Gasteiger partial charge in [0.25, 0.3) is 0 Å². The predicted octanol–water partition coefficient (Wildman–Crippen LogP) is 2.40. The minimum Gasteiger partial charge on any atom is -0.484 e. The van der Waals surface area contributed by atoms with Crippen molar-refractivity contribution in [2.75, 3.05) is 33.2 Å². The fourth-order valence-electron chi connectivity index (χ4n) is 5.61. The molecule has 6 rings (SSSR count). The number of ether oxygens (including phenoxy) is 2. The summed E-state index contributed by atoms with van der Waals surface area (Å²) in [6.07, 6.45) is 8.30. The van der Waals surface area contributed by atoms with Gasteiger partial charge in [0.2, 0.25) is 0 Å². The molecule has 0 amide bonds. The van der Waals surface area contributed by atoms with E-state index in [0.29, 0.717) is 17.9 Å². The predicted molar refractivity (Wildman–Crippen MR) is 138 cm³/mol. The summed E-state index contributed by atoms with van der Waals surface area (Å²) in [5.41, 5.74) is 1.98. The molecule has 0 radical (unpaired) electrons. The Hall–Kier alpha value is -2.82. The van der Waals surface area contributed by atoms with Gasteiger partial charge in [-0.05, 0) is 70.1 Å². The number of piperidine rings is 2. The molecule has 36 heavy (non-hydrogen) atoms. The molecule has 6 heterocycles. The van der Waals surface area contributed by atoms with E-state index in [9.17, 15) is 9.82 Å². The van der Waals surface area contributed by atoms with E-state index in [-0.39, 0.29) is 11.4 Å². The molecule has 190 valence electrons. The number of fused-ring (bicyclic) bond motifs is 2. The lowest BCUT2D eigenvalue weighted by molar-refractivity contribution is 0.00239. The van der Waals surface area contributed by atoms with Crippen LogP contribution in [0.25, 0.3) is 0 Å². The number of aromatic nitrogens is 2. The monoisotopic (exact) mass is 491 g/mol. The summed E-state index contributed by atoms with van der Waals surface area (Å²) in [6.45, 7) is 5.31. The summed E-state index contributed by atoms with van der Waals surface area (Å²) < 4.78 is 12.3. The van der Waals surface area contributed by atoms with Crippen LogP contribution >= 0.6 is 0 Å². The third-order valence-corrected chi connectivity index (χ3v) is 7.73. The normalized spacial score (nSPS) is 23.1. The second-order valence-electron chi connectivity index (χ2n) is 10.1. The Bertz CT molecular complexity index is 1130. The van der Waals surface area contributed by atoms with Crippen molar-refractivity contribution in [2.45, 2.75) is 56.6 Å². The average Bonchev–Trinajstić information content (AvgIpc) is 2.89. The zero-order valence-corrected chi connectivity index (χ0v) is 21.1. The van der Waals surface area contributed by atoms with Crippen LogP contribution in [-0.2, 0) is 0 Å². The SMILES string of the molecule is CB(O)N1CCC2(CC1)CC(=O)c1ncccc1O2.CN=C1CC2(CCNCC2)Oc2cccnc21. The maximum Gasteiger partial charge on any atom is 0.376 e. The summed E-state index contributed by atoms with van der Waals surface area (Å²) in [4.78, 5) is 27.0. The van der Waals surface area contributed by atoms with Gasteiger partial charge in [-0.2, -0.15) is 0 Å². The van der Waals surface area contributed by atoms with Crippen LogP contribution in [0.15, 0.2) is 41.7 Å². The van der Waals surface area contributed by atoms with Crippen LogP contribution in [0.5, 0.6) is 11.5 Å². The summed E-state index contributed by atoms with van der Waals surface area (Å²) in [5, 5.41) is 13.0. The molecule has 10 heteroatoms. The first kappa shape index (κ1) is 24.9. The largest absolute Gasteiger partial charge is 0.484 e. The fraction of sp³-hybridized carbons (Fsp3) is 0.538. The van der Waals surface area contributed by atoms with Gasteiger partial charge >= 0.3 is 7.05 Å². The van der Waals surface area contributed by atoms with Gasteiger partial charge in [-0.3, -0.25) is 14.8 Å². The highest BCUT2D eigenvalue weighted by Crippen LogP contribution is 2.39. The Morgan fingerprint density at radius 3 is 2.17 bits per heavy atom. The maximum absolute atomic E-state index is 12.2. The van der Waals surface area contributed by atoms with Crippen LogP contribution in [0.1, 0.15) is 54.7 Å². The molecule has 0 aliphatic carbocycles. The molecule has 2 aromatic rings. The smallest absolute Gasteiger partial charge is 0.376 e. The van der Waals surface area contributed by atoms with Crippen LogP contribution in [0, 0.1) is 0 Å². The standard InChI is InChI=1S/C13H17BN2O3.C13H17N3O/c1-14(18)16-7-4-13(5-8-16)9-10(17)12-11(19-13)3-2-6-15-12;1-14-10-9-13(4-7-15-8-5-13)17-11-3-2-6-16-12(10)11/h2-3,6,18H,4-5,7-9H2,1H3;2-3,6,15H,4-5,7-9H2,1H3. The Labute approximate surface area is 212 Å². The maximum atomic E-state index is 12.2. The Balaban J connectivity index is 0.000000149. The van der Waals surface area contributed by atoms with E-state index in [1.807, 2.05) is 30.1 Å². The second kappa shape index (κ2) is 10.3. The van der Waals surface area contributed by atoms with Gasteiger partial charge in [-0.1, -0.05) is 0 Å². The van der Waals surface area contributed by atoms with Gasteiger partial charge < -0.3 is 24.6 Å². The zero-order valence-electron chi connectivity index (χ0n) is 21.1. The van der Waals surface area contributed by atoms with Gasteiger partial charge in [0.1, 0.15) is 34.1 Å². The number of nitrogens with zero attached hydrogens (tertiary/aromatic N) is 4. The Morgan fingerprint density at radius 2 is 1.56 bits per heavy atom. The average molecular weight is 491 g/mol. The Kier molecular flexibility index (Phi) is 7.10. The second-order valence-corrected chi connectivity index (χ2v) is 10.1. The number of nitrogens with one attached hydrogen (secondary N) is 1. The number of carbonyl (C=O) groups excluding carboxylic acids is 1. The molecule has 2 fully saturated rings. The first-order valence-corrected chi connectivity index (χ1v) is 12.8. The van der Waals surface area contributed by atoms with Crippen molar-refractivity contribution < 1.29 is 19.3 Å². The molecule has 2 N–H and O–H groups in total. The summed E-state index contributed by atoms with van der Waals surface area (Å²) in [7, 11) is 1.40. The lowest BCUT2D eigenvalue weighted by Crippen LogP contribution is -2.54. The first-order chi connectivity index (χ1) is 17.4. The molecule has 4 aliphatic heterocycles. The van der Waals surface area contributed by atoms with Crippen LogP contribution < -0.4 is 14.8 Å². The lowest BCUT2D eigenvalue weighted by atomic mass is 9.77. The van der Waals surface area contributed by atoms with Crippen molar-refractivity contribution >= 4 is 18.5 Å². The molecular formula is C26H34BN5O4. The van der Waals surface area contributed by atoms with Crippen molar-refractivity contribution in [2.24, 2.45) is 4.99 Å². The highest BCUT2D eigenvalue weighted by atomic mass is 16.5. The molecule has 0 unspecified atom stereocenters. The fourth-order valence-corrected chi connectivity index (χ4v) is 5.61. The number of Topliss-reactive ketones (excluding diaryl/α,β-unsaturated/α-hetero) is 1. The van der Waals surface area contributed by atoms with Crippen molar-refractivity contribution in [3.05, 3.63) is 48.0 Å². The van der Waals surface area contributed by atoms with Crippen molar-refractivity contribution in [1.29, 1.82) is 0 Å². The van der Waals surface area contributed by atoms with Crippen molar-refractivity contribution in [1.82, 2.24) is 20.1 Å². The van der Waals surface area contributed by atoms with E-state index >= 15 is 0 Å². The lowest BCUT2D eigenvalue weighted by Gasteiger charge is -2.44. The zero-order chi connectivity index (χ0) is 25.2. The number of rotatable bonds is 1. The number of carbonyl (C=O) groups is 1. The van der Waals surface area contributed by atoms with Gasteiger partial charge in [0.15, 0.2) is 5.78 Å². The third-order valence-electron chi connectivity index (χ3n) is 7.73. The van der Waals surface area contributed by atoms with E-state index in [4.69, 9.17) is 9.47 Å². The number of ketones is 1. The first-order valence-electron chi connectivity index (χ1n) is 12.8. The number of pyridine rings is 2. The molecule has 0 aromatic carbocycles. The molecule has 2 spiro atoms. The van der Waals surface area contributed by atoms with Gasteiger partial charge in [0.05, 0.1) is 12.1 Å².